The first-order valence-corrected chi connectivity index (χ1v) is 6.40. The molecule has 0 aliphatic rings. The molecule has 1 amide bonds. The molecular weight excluding hydrogens is 242 g/mol. The highest BCUT2D eigenvalue weighted by Gasteiger charge is 2.09. The van der Waals surface area contributed by atoms with Crippen LogP contribution in [0, 0.1) is 6.92 Å². The number of aromatic amines is 1. The Kier molecular flexibility index (Phi) is 4.16. The Bertz CT molecular complexity index is 577. The molecule has 0 aliphatic carbocycles. The Hall–Kier alpha value is -1.88. The van der Waals surface area contributed by atoms with Crippen molar-refractivity contribution in [3.63, 3.8) is 0 Å². The summed E-state index contributed by atoms with van der Waals surface area (Å²) < 4.78 is 0. The number of nitrogens with one attached hydrogen (secondary N) is 1. The van der Waals surface area contributed by atoms with Crippen LogP contribution in [-0.4, -0.2) is 39.5 Å². The maximum atomic E-state index is 11.8. The van der Waals surface area contributed by atoms with Crippen molar-refractivity contribution >= 4 is 16.9 Å². The maximum absolute atomic E-state index is 11.8. The molecule has 0 saturated carbocycles. The van der Waals surface area contributed by atoms with Gasteiger partial charge in [-0.15, -0.1) is 0 Å². The van der Waals surface area contributed by atoms with E-state index in [1.807, 2.05) is 25.1 Å². The number of imidazole rings is 1. The summed E-state index contributed by atoms with van der Waals surface area (Å²) in [6.07, 6.45) is 0.903. The van der Waals surface area contributed by atoms with Crippen LogP contribution in [0.3, 0.4) is 0 Å². The largest absolute Gasteiger partial charge is 0.396 e. The highest BCUT2D eigenvalue weighted by Crippen LogP contribution is 2.15. The number of H-pyrrole nitrogens is 1. The van der Waals surface area contributed by atoms with Gasteiger partial charge in [0.05, 0.1) is 11.0 Å². The van der Waals surface area contributed by atoms with Gasteiger partial charge in [-0.2, -0.15) is 0 Å². The van der Waals surface area contributed by atoms with E-state index in [1.165, 1.54) is 0 Å². The Balaban J connectivity index is 2.05. The molecule has 0 saturated heterocycles. The van der Waals surface area contributed by atoms with Crippen molar-refractivity contribution in [2.75, 3.05) is 13.7 Å². The van der Waals surface area contributed by atoms with E-state index in [2.05, 4.69) is 9.97 Å². The molecule has 1 aromatic carbocycles. The number of amides is 1. The average molecular weight is 261 g/mol. The molecular formula is C14H19N3O2. The standard InChI is InChI=1S/C14H19N3O2/c1-10-15-12-6-5-11(8-13(12)16-10)9-17(2)14(19)4-3-7-18/h5-6,8,18H,3-4,7,9H2,1-2H3,(H,15,16). The number of aryl methyl sites for hydroxylation is 1. The summed E-state index contributed by atoms with van der Waals surface area (Å²) in [6.45, 7) is 2.54. The zero-order valence-corrected chi connectivity index (χ0v) is 11.3. The van der Waals surface area contributed by atoms with Gasteiger partial charge in [-0.3, -0.25) is 4.79 Å². The SMILES string of the molecule is Cc1nc2ccc(CN(C)C(=O)CCCO)cc2[nH]1. The van der Waals surface area contributed by atoms with Gasteiger partial charge in [0.2, 0.25) is 5.91 Å². The highest BCUT2D eigenvalue weighted by molar-refractivity contribution is 5.77. The van der Waals surface area contributed by atoms with Crippen LogP contribution in [-0.2, 0) is 11.3 Å². The summed E-state index contributed by atoms with van der Waals surface area (Å²) in [6, 6.07) is 5.96. The lowest BCUT2D eigenvalue weighted by molar-refractivity contribution is -0.130. The van der Waals surface area contributed by atoms with Crippen LogP contribution in [0.25, 0.3) is 11.0 Å². The molecule has 1 heterocycles. The van der Waals surface area contributed by atoms with Crippen LogP contribution < -0.4 is 0 Å². The summed E-state index contributed by atoms with van der Waals surface area (Å²) in [5.41, 5.74) is 3.00. The second kappa shape index (κ2) is 5.84. The first-order valence-electron chi connectivity index (χ1n) is 6.40. The third-order valence-electron chi connectivity index (χ3n) is 3.06. The number of rotatable bonds is 5. The summed E-state index contributed by atoms with van der Waals surface area (Å²) in [4.78, 5) is 21.0. The summed E-state index contributed by atoms with van der Waals surface area (Å²) in [7, 11) is 1.78. The molecule has 0 fully saturated rings. The molecule has 5 heteroatoms. The van der Waals surface area contributed by atoms with Gasteiger partial charge in [0, 0.05) is 26.6 Å². The van der Waals surface area contributed by atoms with Crippen LogP contribution in [0.1, 0.15) is 24.2 Å². The van der Waals surface area contributed by atoms with E-state index in [0.717, 1.165) is 22.4 Å². The summed E-state index contributed by atoms with van der Waals surface area (Å²) in [5, 5.41) is 8.73. The predicted octanol–water partition coefficient (Wildman–Crippen LogP) is 1.60. The number of aliphatic hydroxyl groups is 1. The number of hydrogen-bond donors (Lipinski definition) is 2. The third kappa shape index (κ3) is 3.32. The Morgan fingerprint density at radius 2 is 2.26 bits per heavy atom. The normalized spacial score (nSPS) is 10.9. The van der Waals surface area contributed by atoms with E-state index in [4.69, 9.17) is 5.11 Å². The highest BCUT2D eigenvalue weighted by atomic mass is 16.3. The van der Waals surface area contributed by atoms with Crippen LogP contribution in [0.4, 0.5) is 0 Å². The van der Waals surface area contributed by atoms with Crippen molar-refractivity contribution in [1.82, 2.24) is 14.9 Å². The molecule has 5 nitrogen and oxygen atoms in total. The fourth-order valence-corrected chi connectivity index (χ4v) is 2.07. The van der Waals surface area contributed by atoms with Crippen molar-refractivity contribution < 1.29 is 9.90 Å². The fraction of sp³-hybridized carbons (Fsp3) is 0.429. The molecule has 19 heavy (non-hydrogen) atoms. The lowest BCUT2D eigenvalue weighted by atomic mass is 10.2. The van der Waals surface area contributed by atoms with E-state index in [1.54, 1.807) is 11.9 Å². The second-order valence-corrected chi connectivity index (χ2v) is 4.75. The first kappa shape index (κ1) is 13.5. The van der Waals surface area contributed by atoms with Crippen LogP contribution >= 0.6 is 0 Å². The zero-order valence-electron chi connectivity index (χ0n) is 11.3. The Labute approximate surface area is 112 Å². The van der Waals surface area contributed by atoms with Crippen molar-refractivity contribution in [1.29, 1.82) is 0 Å². The van der Waals surface area contributed by atoms with E-state index in [0.29, 0.717) is 19.4 Å². The van der Waals surface area contributed by atoms with Crippen molar-refractivity contribution in [3.8, 4) is 0 Å². The fourth-order valence-electron chi connectivity index (χ4n) is 2.07. The van der Waals surface area contributed by atoms with E-state index >= 15 is 0 Å². The van der Waals surface area contributed by atoms with Crippen LogP contribution in [0.5, 0.6) is 0 Å². The molecule has 1 aromatic heterocycles. The van der Waals surface area contributed by atoms with E-state index < -0.39 is 0 Å². The molecule has 2 N–H and O–H groups in total. The lowest BCUT2D eigenvalue weighted by Gasteiger charge is -2.17. The second-order valence-electron chi connectivity index (χ2n) is 4.75. The quantitative estimate of drug-likeness (QED) is 0.859. The number of carbonyl (C=O) groups excluding carboxylic acids is 1. The van der Waals surface area contributed by atoms with E-state index in [-0.39, 0.29) is 12.5 Å². The van der Waals surface area contributed by atoms with Crippen LogP contribution in [0.2, 0.25) is 0 Å². The Morgan fingerprint density at radius 1 is 1.47 bits per heavy atom. The summed E-state index contributed by atoms with van der Waals surface area (Å²) >= 11 is 0. The minimum absolute atomic E-state index is 0.0509. The molecule has 0 aliphatic heterocycles. The number of aliphatic hydroxyl groups excluding tert-OH is 1. The number of fused-ring (bicyclic) bond motifs is 1. The monoisotopic (exact) mass is 261 g/mol. The molecule has 2 rings (SSSR count). The lowest BCUT2D eigenvalue weighted by Crippen LogP contribution is -2.26. The Morgan fingerprint density at radius 3 is 3.00 bits per heavy atom. The van der Waals surface area contributed by atoms with Gasteiger partial charge in [-0.05, 0) is 31.0 Å². The van der Waals surface area contributed by atoms with Gasteiger partial charge in [0.1, 0.15) is 5.82 Å². The third-order valence-corrected chi connectivity index (χ3v) is 3.06. The molecule has 0 bridgehead atoms. The van der Waals surface area contributed by atoms with E-state index in [9.17, 15) is 4.79 Å². The average Bonchev–Trinajstić information content (AvgIpc) is 2.75. The zero-order chi connectivity index (χ0) is 13.8. The van der Waals surface area contributed by atoms with Crippen molar-refractivity contribution in [2.24, 2.45) is 0 Å². The topological polar surface area (TPSA) is 69.2 Å². The minimum Gasteiger partial charge on any atom is -0.396 e. The van der Waals surface area contributed by atoms with Crippen molar-refractivity contribution in [2.45, 2.75) is 26.3 Å². The number of hydrogen-bond acceptors (Lipinski definition) is 3. The number of nitrogens with zero attached hydrogens (tertiary/aromatic N) is 2. The molecule has 0 unspecified atom stereocenters. The van der Waals surface area contributed by atoms with Gasteiger partial charge >= 0.3 is 0 Å². The van der Waals surface area contributed by atoms with Gasteiger partial charge in [-0.25, -0.2) is 4.98 Å². The maximum Gasteiger partial charge on any atom is 0.222 e. The first-order chi connectivity index (χ1) is 9.10. The number of carbonyl (C=O) groups is 1. The van der Waals surface area contributed by atoms with Gasteiger partial charge in [0.15, 0.2) is 0 Å². The molecule has 102 valence electrons. The molecule has 0 atom stereocenters. The molecule has 0 spiro atoms. The van der Waals surface area contributed by atoms with Gasteiger partial charge < -0.3 is 15.0 Å². The van der Waals surface area contributed by atoms with Gasteiger partial charge in [-0.1, -0.05) is 6.07 Å². The molecule has 2 aromatic rings. The summed E-state index contributed by atoms with van der Waals surface area (Å²) in [5.74, 6) is 0.939. The number of benzene rings is 1. The smallest absolute Gasteiger partial charge is 0.222 e. The van der Waals surface area contributed by atoms with Gasteiger partial charge in [0.25, 0.3) is 0 Å². The van der Waals surface area contributed by atoms with Crippen LogP contribution in [0.15, 0.2) is 18.2 Å². The minimum atomic E-state index is 0.0509. The molecule has 0 radical (unpaired) electrons. The number of aromatic nitrogens is 2. The predicted molar refractivity (Wildman–Crippen MR) is 73.6 cm³/mol. The van der Waals surface area contributed by atoms with Crippen molar-refractivity contribution in [3.05, 3.63) is 29.6 Å².